The van der Waals surface area contributed by atoms with Crippen LogP contribution in [0.1, 0.15) is 94.4 Å². The SMILES string of the molecule is CCC(OC(C)=O)C(C)C(Br)C(CC(C)/C=C/C=C(\C)C1OC(=O)CC(O)CCC(C)(O)C(OC(C)=O)/C=C\C1C)OC(C)=O. The Labute approximate surface area is 276 Å². The van der Waals surface area contributed by atoms with Gasteiger partial charge < -0.3 is 29.2 Å². The zero-order valence-electron chi connectivity index (χ0n) is 28.2. The van der Waals surface area contributed by atoms with Crippen LogP contribution in [0.2, 0.25) is 0 Å². The Morgan fingerprint density at radius 2 is 1.69 bits per heavy atom. The first-order chi connectivity index (χ1) is 20.9. The molecule has 0 bridgehead atoms. The molecule has 1 rings (SSSR count). The third-order valence-corrected chi connectivity index (χ3v) is 9.37. The van der Waals surface area contributed by atoms with Crippen molar-refractivity contribution in [2.75, 3.05) is 0 Å². The first kappa shape index (κ1) is 40.5. The van der Waals surface area contributed by atoms with Crippen LogP contribution in [-0.4, -0.2) is 75.0 Å². The number of allylic oxidation sites excluding steroid dienone is 3. The highest BCUT2D eigenvalue weighted by molar-refractivity contribution is 9.09. The van der Waals surface area contributed by atoms with Crippen LogP contribution in [0.3, 0.4) is 0 Å². The van der Waals surface area contributed by atoms with E-state index >= 15 is 0 Å². The maximum absolute atomic E-state index is 12.7. The predicted molar refractivity (Wildman–Crippen MR) is 174 cm³/mol. The van der Waals surface area contributed by atoms with Gasteiger partial charge in [0, 0.05) is 32.6 Å². The zero-order chi connectivity index (χ0) is 34.5. The van der Waals surface area contributed by atoms with Crippen molar-refractivity contribution in [3.63, 3.8) is 0 Å². The number of hydrogen-bond acceptors (Lipinski definition) is 10. The van der Waals surface area contributed by atoms with Crippen LogP contribution < -0.4 is 0 Å². The lowest BCUT2D eigenvalue weighted by Gasteiger charge is -2.32. The highest BCUT2D eigenvalue weighted by Crippen LogP contribution is 2.30. The maximum Gasteiger partial charge on any atom is 0.309 e. The molecular weight excluding hydrogens is 648 g/mol. The average molecular weight is 702 g/mol. The van der Waals surface area contributed by atoms with E-state index in [1.54, 1.807) is 12.2 Å². The summed E-state index contributed by atoms with van der Waals surface area (Å²) in [5.74, 6) is -2.36. The second kappa shape index (κ2) is 19.2. The summed E-state index contributed by atoms with van der Waals surface area (Å²) in [4.78, 5) is 47.7. The molecule has 0 aromatic carbocycles. The van der Waals surface area contributed by atoms with Crippen molar-refractivity contribution < 1.29 is 48.3 Å². The van der Waals surface area contributed by atoms with Crippen molar-refractivity contribution in [1.82, 2.24) is 0 Å². The molecule has 0 aliphatic carbocycles. The van der Waals surface area contributed by atoms with Gasteiger partial charge in [-0.15, -0.1) is 0 Å². The summed E-state index contributed by atoms with van der Waals surface area (Å²) in [6, 6.07) is 0. The number of ether oxygens (including phenoxy) is 4. The number of alkyl halides is 1. The monoisotopic (exact) mass is 700 g/mol. The lowest BCUT2D eigenvalue weighted by atomic mass is 9.88. The summed E-state index contributed by atoms with van der Waals surface area (Å²) >= 11 is 3.70. The molecule has 1 heterocycles. The Balaban J connectivity index is 3.19. The van der Waals surface area contributed by atoms with Crippen LogP contribution in [0.25, 0.3) is 0 Å². The predicted octanol–water partition coefficient (Wildman–Crippen LogP) is 5.52. The standard InChI is InChI=1S/C34H53BrO10/c1-10-28(42-24(6)36)23(5)32(35)29(43-25(7)37)18-20(2)12-11-13-21(3)33-22(4)14-15-30(44-26(8)38)34(9,41)17-16-27(39)19-31(40)45-33/h11-15,20,22-23,27-30,32-33,39,41H,10,16-19H2,1-9H3/b12-11+,15-14-,21-13+. The van der Waals surface area contributed by atoms with E-state index < -0.39 is 47.9 Å². The van der Waals surface area contributed by atoms with Crippen molar-refractivity contribution in [3.05, 3.63) is 36.0 Å². The molecule has 10 atom stereocenters. The van der Waals surface area contributed by atoms with Crippen molar-refractivity contribution in [2.24, 2.45) is 17.8 Å². The highest BCUT2D eigenvalue weighted by Gasteiger charge is 2.36. The van der Waals surface area contributed by atoms with Gasteiger partial charge in [-0.05, 0) is 57.1 Å². The number of cyclic esters (lactones) is 1. The van der Waals surface area contributed by atoms with Gasteiger partial charge in [-0.3, -0.25) is 19.2 Å². The van der Waals surface area contributed by atoms with Crippen LogP contribution in [0.15, 0.2) is 36.0 Å². The first-order valence-corrected chi connectivity index (χ1v) is 16.6. The van der Waals surface area contributed by atoms with Gasteiger partial charge in [-0.1, -0.05) is 67.9 Å². The molecule has 0 saturated carbocycles. The topological polar surface area (TPSA) is 146 Å². The Morgan fingerprint density at radius 3 is 2.24 bits per heavy atom. The van der Waals surface area contributed by atoms with Crippen molar-refractivity contribution in [1.29, 1.82) is 0 Å². The Morgan fingerprint density at radius 1 is 1.09 bits per heavy atom. The minimum atomic E-state index is -1.45. The number of aliphatic hydroxyl groups is 2. The summed E-state index contributed by atoms with van der Waals surface area (Å²) in [6.45, 7) is 15.1. The van der Waals surface area contributed by atoms with Gasteiger partial charge in [0.1, 0.15) is 30.0 Å². The van der Waals surface area contributed by atoms with Gasteiger partial charge in [0.05, 0.1) is 17.4 Å². The van der Waals surface area contributed by atoms with Crippen molar-refractivity contribution in [2.45, 2.75) is 135 Å². The quantitative estimate of drug-likeness (QED) is 0.0877. The minimum absolute atomic E-state index is 0.0162. The lowest BCUT2D eigenvalue weighted by molar-refractivity contribution is -0.157. The molecule has 0 fully saturated rings. The molecule has 0 saturated heterocycles. The van der Waals surface area contributed by atoms with Gasteiger partial charge >= 0.3 is 23.9 Å². The summed E-state index contributed by atoms with van der Waals surface area (Å²) in [6.07, 6.45) is 6.67. The van der Waals surface area contributed by atoms with Gasteiger partial charge in [-0.25, -0.2) is 0 Å². The van der Waals surface area contributed by atoms with Crippen molar-refractivity contribution >= 4 is 39.8 Å². The van der Waals surface area contributed by atoms with Crippen LogP contribution in [0.5, 0.6) is 0 Å². The third-order valence-electron chi connectivity index (χ3n) is 7.95. The second-order valence-corrected chi connectivity index (χ2v) is 13.5. The molecule has 11 heteroatoms. The smallest absolute Gasteiger partial charge is 0.309 e. The van der Waals surface area contributed by atoms with Gasteiger partial charge in [0.25, 0.3) is 0 Å². The molecule has 0 spiro atoms. The van der Waals surface area contributed by atoms with E-state index in [2.05, 4.69) is 15.9 Å². The maximum atomic E-state index is 12.7. The minimum Gasteiger partial charge on any atom is -0.462 e. The first-order valence-electron chi connectivity index (χ1n) is 15.7. The molecule has 10 nitrogen and oxygen atoms in total. The normalized spacial score (nSPS) is 29.2. The molecular formula is C34H53BrO10. The van der Waals surface area contributed by atoms with E-state index in [1.807, 2.05) is 52.8 Å². The fourth-order valence-electron chi connectivity index (χ4n) is 5.34. The lowest BCUT2D eigenvalue weighted by Crippen LogP contribution is -2.42. The average Bonchev–Trinajstić information content (AvgIpc) is 2.93. The molecule has 10 unspecified atom stereocenters. The summed E-state index contributed by atoms with van der Waals surface area (Å²) < 4.78 is 22.3. The fourth-order valence-corrected chi connectivity index (χ4v) is 6.01. The number of aliphatic hydroxyl groups excluding tert-OH is 1. The molecule has 1 aliphatic rings. The molecule has 2 N–H and O–H groups in total. The van der Waals surface area contributed by atoms with E-state index in [4.69, 9.17) is 18.9 Å². The van der Waals surface area contributed by atoms with E-state index in [-0.39, 0.29) is 53.9 Å². The van der Waals surface area contributed by atoms with Gasteiger partial charge in [0.15, 0.2) is 0 Å². The summed E-state index contributed by atoms with van der Waals surface area (Å²) in [7, 11) is 0. The number of carbonyl (C=O) groups excluding carboxylic acids is 4. The van der Waals surface area contributed by atoms with E-state index in [9.17, 15) is 29.4 Å². The van der Waals surface area contributed by atoms with Crippen LogP contribution in [0.4, 0.5) is 0 Å². The summed E-state index contributed by atoms with van der Waals surface area (Å²) in [5.41, 5.74) is -0.707. The molecule has 0 aromatic rings. The Hall–Kier alpha value is -2.50. The van der Waals surface area contributed by atoms with Crippen LogP contribution in [-0.2, 0) is 38.1 Å². The summed E-state index contributed by atoms with van der Waals surface area (Å²) in [5, 5.41) is 21.4. The number of esters is 4. The van der Waals surface area contributed by atoms with Crippen LogP contribution >= 0.6 is 15.9 Å². The number of carbonyl (C=O) groups is 4. The van der Waals surface area contributed by atoms with Gasteiger partial charge in [-0.2, -0.15) is 0 Å². The Bertz CT molecular complexity index is 1080. The number of rotatable bonds is 12. The van der Waals surface area contributed by atoms with Gasteiger partial charge in [0.2, 0.25) is 0 Å². The largest absolute Gasteiger partial charge is 0.462 e. The highest BCUT2D eigenvalue weighted by atomic mass is 79.9. The van der Waals surface area contributed by atoms with Crippen LogP contribution in [0, 0.1) is 17.8 Å². The Kier molecular flexibility index (Phi) is 17.3. The van der Waals surface area contributed by atoms with Crippen molar-refractivity contribution in [3.8, 4) is 0 Å². The second-order valence-electron chi connectivity index (χ2n) is 12.5. The molecule has 1 aliphatic heterocycles. The number of halogens is 1. The zero-order valence-corrected chi connectivity index (χ0v) is 29.7. The third kappa shape index (κ3) is 14.6. The molecule has 0 aromatic heterocycles. The molecule has 256 valence electrons. The van der Waals surface area contributed by atoms with E-state index in [1.165, 1.54) is 27.7 Å². The molecule has 0 amide bonds. The number of hydrogen-bond donors (Lipinski definition) is 2. The molecule has 0 radical (unpaired) electrons. The molecule has 45 heavy (non-hydrogen) atoms. The van der Waals surface area contributed by atoms with E-state index in [0.717, 1.165) is 5.57 Å². The fraction of sp³-hybridized carbons (Fsp3) is 0.706. The van der Waals surface area contributed by atoms with E-state index in [0.29, 0.717) is 12.8 Å².